The molecule has 0 saturated carbocycles. The van der Waals surface area contributed by atoms with Gasteiger partial charge in [-0.25, -0.2) is 4.39 Å². The molecule has 1 aliphatic rings. The van der Waals surface area contributed by atoms with Crippen molar-refractivity contribution in [1.82, 2.24) is 9.88 Å². The molecule has 1 aliphatic heterocycles. The number of benzene rings is 2. The van der Waals surface area contributed by atoms with Gasteiger partial charge >= 0.3 is 5.97 Å². The third-order valence-corrected chi connectivity index (χ3v) is 7.74. The Balaban J connectivity index is 1.35. The van der Waals surface area contributed by atoms with Crippen LogP contribution in [-0.4, -0.2) is 52.8 Å². The van der Waals surface area contributed by atoms with Crippen molar-refractivity contribution in [2.75, 3.05) is 26.7 Å². The highest BCUT2D eigenvalue weighted by Crippen LogP contribution is 2.35. The number of nitrogens with zero attached hydrogens (tertiary/aromatic N) is 2. The average Bonchev–Trinajstić information content (AvgIpc) is 2.91. The fourth-order valence-corrected chi connectivity index (χ4v) is 5.66. The van der Waals surface area contributed by atoms with Gasteiger partial charge in [0.15, 0.2) is 0 Å². The molecule has 0 radical (unpaired) electrons. The number of methoxy groups -OCH3 is 1. The Kier molecular flexibility index (Phi) is 9.47. The van der Waals surface area contributed by atoms with Crippen molar-refractivity contribution in [2.45, 2.75) is 51.0 Å². The van der Waals surface area contributed by atoms with Crippen LogP contribution in [-0.2, 0) is 11.2 Å². The fraction of sp³-hybridized carbons (Fsp3) is 0.467. The predicted molar refractivity (Wildman–Crippen MR) is 142 cm³/mol. The van der Waals surface area contributed by atoms with Gasteiger partial charge < -0.3 is 19.8 Å². The van der Waals surface area contributed by atoms with Crippen molar-refractivity contribution in [3.63, 3.8) is 0 Å². The van der Waals surface area contributed by atoms with E-state index < -0.39 is 12.1 Å². The van der Waals surface area contributed by atoms with Crippen LogP contribution in [0.2, 0.25) is 0 Å². The van der Waals surface area contributed by atoms with Gasteiger partial charge in [0, 0.05) is 24.5 Å². The molecule has 2 heterocycles. The number of aliphatic hydroxyl groups excluding tert-OH is 1. The maximum atomic E-state index is 13.9. The summed E-state index contributed by atoms with van der Waals surface area (Å²) >= 11 is 0. The predicted octanol–water partition coefficient (Wildman–Crippen LogP) is 5.63. The Labute approximate surface area is 218 Å². The highest BCUT2D eigenvalue weighted by molar-refractivity contribution is 5.83. The minimum atomic E-state index is -0.771. The lowest BCUT2D eigenvalue weighted by Gasteiger charge is -2.39. The first-order valence-corrected chi connectivity index (χ1v) is 13.2. The van der Waals surface area contributed by atoms with Gasteiger partial charge in [-0.05, 0) is 105 Å². The largest absolute Gasteiger partial charge is 0.497 e. The van der Waals surface area contributed by atoms with E-state index in [2.05, 4.69) is 9.88 Å². The van der Waals surface area contributed by atoms with E-state index in [4.69, 9.17) is 4.74 Å². The van der Waals surface area contributed by atoms with Gasteiger partial charge in [-0.1, -0.05) is 18.2 Å². The number of aryl methyl sites for hydroxylation is 1. The molecular weight excluding hydrogens is 471 g/mol. The summed E-state index contributed by atoms with van der Waals surface area (Å²) < 4.78 is 19.3. The molecule has 2 unspecified atom stereocenters. The number of pyridine rings is 1. The smallest absolute Gasteiger partial charge is 0.303 e. The van der Waals surface area contributed by atoms with E-state index in [9.17, 15) is 19.4 Å². The molecule has 0 spiro atoms. The van der Waals surface area contributed by atoms with Gasteiger partial charge in [0.2, 0.25) is 0 Å². The van der Waals surface area contributed by atoms with E-state index in [1.165, 1.54) is 6.07 Å². The summed E-state index contributed by atoms with van der Waals surface area (Å²) in [5.41, 5.74) is 2.41. The summed E-state index contributed by atoms with van der Waals surface area (Å²) in [6, 6.07) is 14.5. The number of hydrogen-bond acceptors (Lipinski definition) is 5. The third-order valence-electron chi connectivity index (χ3n) is 7.74. The standard InChI is InChI=1S/C30H37FN2O4/c1-37-24-10-11-28-26(19-24)25(14-16-32-28)29(34)12-8-21-15-18-33(20-23(21)9-13-30(35)36)17-4-6-22-5-2-3-7-27(22)31/h2-3,5,7,10-11,14,16,19,21,23,29,34H,4,6,8-9,12-13,15,17-18,20H2,1H3,(H,35,36)/t21?,23?,29-/m0/s1. The second-order valence-corrected chi connectivity index (χ2v) is 10.1. The van der Waals surface area contributed by atoms with E-state index >= 15 is 0 Å². The first kappa shape index (κ1) is 27.0. The van der Waals surface area contributed by atoms with Crippen molar-refractivity contribution in [1.29, 1.82) is 0 Å². The van der Waals surface area contributed by atoms with E-state index in [1.54, 1.807) is 19.4 Å². The molecule has 7 heteroatoms. The van der Waals surface area contributed by atoms with Gasteiger partial charge in [0.1, 0.15) is 11.6 Å². The topological polar surface area (TPSA) is 82.9 Å². The number of aliphatic carboxylic acids is 1. The Morgan fingerprint density at radius 3 is 2.81 bits per heavy atom. The first-order chi connectivity index (χ1) is 17.9. The van der Waals surface area contributed by atoms with Gasteiger partial charge in [-0.2, -0.15) is 0 Å². The summed E-state index contributed by atoms with van der Waals surface area (Å²) in [6.07, 6.45) is 5.87. The highest BCUT2D eigenvalue weighted by atomic mass is 19.1. The van der Waals surface area contributed by atoms with Crippen molar-refractivity contribution in [3.8, 4) is 5.75 Å². The van der Waals surface area contributed by atoms with Crippen molar-refractivity contribution in [2.24, 2.45) is 11.8 Å². The third kappa shape index (κ3) is 7.27. The monoisotopic (exact) mass is 508 g/mol. The number of aliphatic hydroxyl groups is 1. The van der Waals surface area contributed by atoms with Crippen LogP contribution in [0.1, 0.15) is 55.8 Å². The van der Waals surface area contributed by atoms with Crippen LogP contribution >= 0.6 is 0 Å². The molecule has 4 rings (SSSR count). The second kappa shape index (κ2) is 13.0. The zero-order valence-corrected chi connectivity index (χ0v) is 21.5. The van der Waals surface area contributed by atoms with Crippen molar-refractivity contribution < 1.29 is 24.1 Å². The minimum absolute atomic E-state index is 0.153. The Morgan fingerprint density at radius 2 is 2.03 bits per heavy atom. The van der Waals surface area contributed by atoms with Crippen LogP contribution in [0.4, 0.5) is 4.39 Å². The maximum absolute atomic E-state index is 13.9. The lowest BCUT2D eigenvalue weighted by atomic mass is 9.79. The van der Waals surface area contributed by atoms with E-state index in [0.29, 0.717) is 25.2 Å². The number of carbonyl (C=O) groups is 1. The second-order valence-electron chi connectivity index (χ2n) is 10.1. The normalized spacial score (nSPS) is 19.1. The van der Waals surface area contributed by atoms with Gasteiger partial charge in [-0.3, -0.25) is 9.78 Å². The van der Waals surface area contributed by atoms with Crippen LogP contribution in [0.15, 0.2) is 54.7 Å². The summed E-state index contributed by atoms with van der Waals surface area (Å²) in [5, 5.41) is 21.3. The minimum Gasteiger partial charge on any atom is -0.497 e. The number of halogens is 1. The molecule has 2 aromatic carbocycles. The highest BCUT2D eigenvalue weighted by Gasteiger charge is 2.30. The van der Waals surface area contributed by atoms with Crippen molar-refractivity contribution in [3.05, 3.63) is 71.7 Å². The number of carboxylic acids is 1. The van der Waals surface area contributed by atoms with E-state index in [1.807, 2.05) is 36.4 Å². The van der Waals surface area contributed by atoms with Gasteiger partial charge in [0.25, 0.3) is 0 Å². The van der Waals surface area contributed by atoms with Crippen LogP contribution in [0.25, 0.3) is 10.9 Å². The van der Waals surface area contributed by atoms with Gasteiger partial charge in [0.05, 0.1) is 18.7 Å². The van der Waals surface area contributed by atoms with Crippen molar-refractivity contribution >= 4 is 16.9 Å². The molecule has 1 saturated heterocycles. The number of carboxylic acid groups (broad SMARTS) is 1. The number of aromatic nitrogens is 1. The van der Waals surface area contributed by atoms with Crippen LogP contribution in [0.5, 0.6) is 5.75 Å². The zero-order chi connectivity index (χ0) is 26.2. The van der Waals surface area contributed by atoms with E-state index in [0.717, 1.165) is 66.7 Å². The summed E-state index contributed by atoms with van der Waals surface area (Å²) in [6.45, 7) is 2.66. The summed E-state index contributed by atoms with van der Waals surface area (Å²) in [7, 11) is 1.62. The first-order valence-electron chi connectivity index (χ1n) is 13.2. The molecule has 0 amide bonds. The lowest BCUT2D eigenvalue weighted by Crippen LogP contribution is -2.41. The zero-order valence-electron chi connectivity index (χ0n) is 21.5. The summed E-state index contributed by atoms with van der Waals surface area (Å²) in [5.74, 6) is 0.427. The molecular formula is C30H37FN2O4. The average molecular weight is 509 g/mol. The number of hydrogen-bond donors (Lipinski definition) is 2. The molecule has 3 aromatic rings. The molecule has 0 bridgehead atoms. The van der Waals surface area contributed by atoms with Gasteiger partial charge in [-0.15, -0.1) is 0 Å². The van der Waals surface area contributed by atoms with Crippen LogP contribution in [0.3, 0.4) is 0 Å². The molecule has 198 valence electrons. The molecule has 2 N–H and O–H groups in total. The van der Waals surface area contributed by atoms with E-state index in [-0.39, 0.29) is 18.2 Å². The SMILES string of the molecule is COc1ccc2nccc([C@@H](O)CCC3CCN(CCCc4ccccc4F)CC3CCC(=O)O)c2c1. The number of rotatable bonds is 12. The molecule has 6 nitrogen and oxygen atoms in total. The number of piperidine rings is 1. The molecule has 3 atom stereocenters. The van der Waals surface area contributed by atoms with Crippen LogP contribution < -0.4 is 4.74 Å². The Morgan fingerprint density at radius 1 is 1.19 bits per heavy atom. The molecule has 37 heavy (non-hydrogen) atoms. The molecule has 1 aromatic heterocycles. The number of fused-ring (bicyclic) bond motifs is 1. The summed E-state index contributed by atoms with van der Waals surface area (Å²) in [4.78, 5) is 18.1. The molecule has 1 fully saturated rings. The quantitative estimate of drug-likeness (QED) is 0.330. The Bertz CT molecular complexity index is 1190. The number of likely N-dealkylation sites (tertiary alicyclic amines) is 1. The number of ether oxygens (including phenoxy) is 1. The maximum Gasteiger partial charge on any atom is 0.303 e. The fourth-order valence-electron chi connectivity index (χ4n) is 5.66. The molecule has 0 aliphatic carbocycles. The Hall–Kier alpha value is -3.03. The lowest BCUT2D eigenvalue weighted by molar-refractivity contribution is -0.137. The van der Waals surface area contributed by atoms with Crippen LogP contribution in [0, 0.1) is 17.7 Å².